The molecule has 104 valence electrons. The van der Waals surface area contributed by atoms with Crippen molar-refractivity contribution in [3.8, 4) is 6.07 Å². The summed E-state index contributed by atoms with van der Waals surface area (Å²) in [7, 11) is 0. The van der Waals surface area contributed by atoms with Crippen molar-refractivity contribution < 1.29 is 0 Å². The fourth-order valence-corrected chi connectivity index (χ4v) is 2.60. The predicted molar refractivity (Wildman–Crippen MR) is 85.3 cm³/mol. The maximum absolute atomic E-state index is 9.12. The van der Waals surface area contributed by atoms with Crippen LogP contribution in [0.25, 0.3) is 0 Å². The van der Waals surface area contributed by atoms with Gasteiger partial charge in [-0.2, -0.15) is 5.26 Å². The lowest BCUT2D eigenvalue weighted by Gasteiger charge is -2.38. The van der Waals surface area contributed by atoms with Gasteiger partial charge in [0.05, 0.1) is 0 Å². The number of thiocarbonyl (C=S) groups is 1. The Labute approximate surface area is 125 Å². The Bertz CT molecular complexity index is 551. The highest BCUT2D eigenvalue weighted by atomic mass is 32.1. The SMILES string of the molecule is CC(=C(C#N)C(N)=S)N1CCN(c2ccccc2)CC1. The first-order chi connectivity index (χ1) is 9.63. The van der Waals surface area contributed by atoms with Crippen LogP contribution in [0.2, 0.25) is 0 Å². The van der Waals surface area contributed by atoms with Crippen LogP contribution < -0.4 is 10.6 Å². The predicted octanol–water partition coefficient (Wildman–Crippen LogP) is 1.89. The number of para-hydroxylation sites is 1. The molecule has 1 aliphatic heterocycles. The second kappa shape index (κ2) is 6.40. The molecule has 2 rings (SSSR count). The lowest BCUT2D eigenvalue weighted by Crippen LogP contribution is -2.46. The normalized spacial score (nSPS) is 16.4. The van der Waals surface area contributed by atoms with Crippen molar-refractivity contribution in [1.82, 2.24) is 4.90 Å². The van der Waals surface area contributed by atoms with Gasteiger partial charge in [0.25, 0.3) is 0 Å². The van der Waals surface area contributed by atoms with Gasteiger partial charge >= 0.3 is 0 Å². The maximum Gasteiger partial charge on any atom is 0.116 e. The molecular formula is C15H18N4S. The third-order valence-electron chi connectivity index (χ3n) is 3.60. The maximum atomic E-state index is 9.12. The summed E-state index contributed by atoms with van der Waals surface area (Å²) in [5, 5.41) is 9.12. The average Bonchev–Trinajstić information content (AvgIpc) is 2.48. The second-order valence-corrected chi connectivity index (χ2v) is 5.19. The summed E-state index contributed by atoms with van der Waals surface area (Å²) in [5.41, 5.74) is 8.13. The van der Waals surface area contributed by atoms with Crippen molar-refractivity contribution in [1.29, 1.82) is 5.26 Å². The van der Waals surface area contributed by atoms with Crippen LogP contribution in [0.1, 0.15) is 6.92 Å². The lowest BCUT2D eigenvalue weighted by molar-refractivity contribution is 0.321. The summed E-state index contributed by atoms with van der Waals surface area (Å²) in [6.45, 7) is 5.51. The number of hydrogen-bond acceptors (Lipinski definition) is 4. The molecule has 0 amide bonds. The van der Waals surface area contributed by atoms with Gasteiger partial charge in [-0.25, -0.2) is 0 Å². The number of benzene rings is 1. The minimum atomic E-state index is 0.176. The zero-order valence-corrected chi connectivity index (χ0v) is 12.4. The lowest BCUT2D eigenvalue weighted by atomic mass is 10.2. The molecule has 1 aromatic carbocycles. The van der Waals surface area contributed by atoms with Crippen molar-refractivity contribution in [3.05, 3.63) is 41.6 Å². The molecule has 5 heteroatoms. The molecule has 1 saturated heterocycles. The number of piperazine rings is 1. The highest BCUT2D eigenvalue weighted by Gasteiger charge is 2.19. The minimum Gasteiger partial charge on any atom is -0.389 e. The zero-order chi connectivity index (χ0) is 14.5. The fraction of sp³-hybridized carbons (Fsp3) is 0.333. The minimum absolute atomic E-state index is 0.176. The van der Waals surface area contributed by atoms with E-state index in [1.54, 1.807) is 0 Å². The molecule has 1 heterocycles. The number of hydrogen-bond donors (Lipinski definition) is 1. The molecule has 4 nitrogen and oxygen atoms in total. The van der Waals surface area contributed by atoms with Crippen LogP contribution in [-0.4, -0.2) is 36.1 Å². The van der Waals surface area contributed by atoms with E-state index in [1.807, 2.05) is 25.1 Å². The van der Waals surface area contributed by atoms with Crippen LogP contribution in [0, 0.1) is 11.3 Å². The van der Waals surface area contributed by atoms with Gasteiger partial charge in [0.1, 0.15) is 16.6 Å². The van der Waals surface area contributed by atoms with E-state index in [2.05, 4.69) is 28.0 Å². The van der Waals surface area contributed by atoms with Gasteiger partial charge in [0.2, 0.25) is 0 Å². The van der Waals surface area contributed by atoms with Gasteiger partial charge in [-0.15, -0.1) is 0 Å². The van der Waals surface area contributed by atoms with Gasteiger partial charge in [0.15, 0.2) is 0 Å². The molecule has 20 heavy (non-hydrogen) atoms. The molecule has 0 unspecified atom stereocenters. The molecule has 1 fully saturated rings. The molecule has 1 aromatic rings. The highest BCUT2D eigenvalue weighted by Crippen LogP contribution is 2.18. The first-order valence-corrected chi connectivity index (χ1v) is 7.00. The highest BCUT2D eigenvalue weighted by molar-refractivity contribution is 7.80. The zero-order valence-electron chi connectivity index (χ0n) is 11.5. The molecule has 0 aliphatic carbocycles. The molecule has 2 N–H and O–H groups in total. The number of anilines is 1. The third-order valence-corrected chi connectivity index (χ3v) is 3.80. The molecule has 0 atom stereocenters. The van der Waals surface area contributed by atoms with Crippen LogP contribution in [0.15, 0.2) is 41.6 Å². The van der Waals surface area contributed by atoms with Crippen molar-refractivity contribution in [2.24, 2.45) is 5.73 Å². The van der Waals surface area contributed by atoms with Crippen molar-refractivity contribution in [2.75, 3.05) is 31.1 Å². The summed E-state index contributed by atoms with van der Waals surface area (Å²) < 4.78 is 0. The Morgan fingerprint density at radius 3 is 2.30 bits per heavy atom. The smallest absolute Gasteiger partial charge is 0.116 e. The Hall–Kier alpha value is -2.06. The Kier molecular flexibility index (Phi) is 4.59. The van der Waals surface area contributed by atoms with E-state index in [9.17, 15) is 0 Å². The number of allylic oxidation sites excluding steroid dienone is 1. The van der Waals surface area contributed by atoms with E-state index in [4.69, 9.17) is 23.2 Å². The molecule has 0 bridgehead atoms. The summed E-state index contributed by atoms with van der Waals surface area (Å²) in [4.78, 5) is 4.70. The van der Waals surface area contributed by atoms with Crippen molar-refractivity contribution >= 4 is 22.9 Å². The summed E-state index contributed by atoms with van der Waals surface area (Å²) >= 11 is 4.92. The number of nitriles is 1. The van der Waals surface area contributed by atoms with E-state index in [0.29, 0.717) is 5.57 Å². The van der Waals surface area contributed by atoms with Gasteiger partial charge in [-0.05, 0) is 19.1 Å². The average molecular weight is 286 g/mol. The topological polar surface area (TPSA) is 56.3 Å². The van der Waals surface area contributed by atoms with Crippen LogP contribution in [0.4, 0.5) is 5.69 Å². The fourth-order valence-electron chi connectivity index (χ4n) is 2.41. The summed E-state index contributed by atoms with van der Waals surface area (Å²) in [6, 6.07) is 12.5. The van der Waals surface area contributed by atoms with Gasteiger partial charge in [0, 0.05) is 37.6 Å². The molecule has 1 aliphatic rings. The molecular weight excluding hydrogens is 268 g/mol. The van der Waals surface area contributed by atoms with E-state index < -0.39 is 0 Å². The quantitative estimate of drug-likeness (QED) is 0.522. The van der Waals surface area contributed by atoms with Crippen molar-refractivity contribution in [3.63, 3.8) is 0 Å². The van der Waals surface area contributed by atoms with E-state index in [-0.39, 0.29) is 4.99 Å². The number of nitrogens with two attached hydrogens (primary N) is 1. The number of rotatable bonds is 3. The second-order valence-electron chi connectivity index (χ2n) is 4.75. The Morgan fingerprint density at radius 2 is 1.80 bits per heavy atom. The Balaban J connectivity index is 2.05. The van der Waals surface area contributed by atoms with Crippen molar-refractivity contribution in [2.45, 2.75) is 6.92 Å². The third kappa shape index (κ3) is 3.09. The van der Waals surface area contributed by atoms with Gasteiger partial charge < -0.3 is 15.5 Å². The van der Waals surface area contributed by atoms with Gasteiger partial charge in [-0.3, -0.25) is 0 Å². The van der Waals surface area contributed by atoms with Gasteiger partial charge in [-0.1, -0.05) is 30.4 Å². The summed E-state index contributed by atoms with van der Waals surface area (Å²) in [6.07, 6.45) is 0. The van der Waals surface area contributed by atoms with Crippen LogP contribution in [-0.2, 0) is 0 Å². The van der Waals surface area contributed by atoms with Crippen LogP contribution in [0.5, 0.6) is 0 Å². The molecule has 0 aromatic heterocycles. The van der Waals surface area contributed by atoms with E-state index >= 15 is 0 Å². The monoisotopic (exact) mass is 286 g/mol. The first-order valence-electron chi connectivity index (χ1n) is 6.59. The number of nitrogens with zero attached hydrogens (tertiary/aromatic N) is 3. The molecule has 0 saturated carbocycles. The van der Waals surface area contributed by atoms with Crippen LogP contribution >= 0.6 is 12.2 Å². The molecule has 0 radical (unpaired) electrons. The first kappa shape index (κ1) is 14.4. The van der Waals surface area contributed by atoms with E-state index in [1.165, 1.54) is 5.69 Å². The van der Waals surface area contributed by atoms with E-state index in [0.717, 1.165) is 31.9 Å². The standard InChI is InChI=1S/C15H18N4S/c1-12(14(11-16)15(17)20)18-7-9-19(10-8-18)13-5-3-2-4-6-13/h2-6H,7-10H2,1H3,(H2,17,20). The molecule has 0 spiro atoms. The van der Waals surface area contributed by atoms with Crippen LogP contribution in [0.3, 0.4) is 0 Å². The summed E-state index contributed by atoms with van der Waals surface area (Å²) in [5.74, 6) is 0. The Morgan fingerprint density at radius 1 is 1.20 bits per heavy atom. The largest absolute Gasteiger partial charge is 0.389 e.